The number of likely N-dealkylation sites (tertiary alicyclic amines) is 1. The standard InChI is InChI=1S/C8H13N3S/c1-11-4-2-8(9,6-11)7-10-3-5-12-7/h3,5H,2,4,6,9H2,1H3. The van der Waals surface area contributed by atoms with Crippen molar-refractivity contribution < 1.29 is 0 Å². The Balaban J connectivity index is 2.23. The molecule has 0 amide bonds. The molecule has 0 spiro atoms. The van der Waals surface area contributed by atoms with E-state index in [2.05, 4.69) is 16.9 Å². The van der Waals surface area contributed by atoms with Crippen LogP contribution in [0.25, 0.3) is 0 Å². The molecular formula is C8H13N3S. The summed E-state index contributed by atoms with van der Waals surface area (Å²) in [7, 11) is 2.10. The van der Waals surface area contributed by atoms with Crippen molar-refractivity contribution in [3.8, 4) is 0 Å². The van der Waals surface area contributed by atoms with Gasteiger partial charge in [-0.1, -0.05) is 0 Å². The summed E-state index contributed by atoms with van der Waals surface area (Å²) in [5.41, 5.74) is 6.04. The van der Waals surface area contributed by atoms with Crippen LogP contribution >= 0.6 is 11.3 Å². The SMILES string of the molecule is CN1CCC(N)(c2nccs2)C1. The minimum atomic E-state index is -0.178. The van der Waals surface area contributed by atoms with Crippen molar-refractivity contribution in [1.29, 1.82) is 0 Å². The molecule has 12 heavy (non-hydrogen) atoms. The van der Waals surface area contributed by atoms with E-state index >= 15 is 0 Å². The van der Waals surface area contributed by atoms with Crippen molar-refractivity contribution in [3.63, 3.8) is 0 Å². The van der Waals surface area contributed by atoms with Crippen LogP contribution in [0.2, 0.25) is 0 Å². The first kappa shape index (κ1) is 8.16. The van der Waals surface area contributed by atoms with E-state index in [1.807, 2.05) is 11.6 Å². The second kappa shape index (κ2) is 2.80. The minimum absolute atomic E-state index is 0.178. The van der Waals surface area contributed by atoms with E-state index in [1.165, 1.54) is 0 Å². The second-order valence-electron chi connectivity index (χ2n) is 3.48. The molecule has 0 aromatic carbocycles. The van der Waals surface area contributed by atoms with Gasteiger partial charge in [0.2, 0.25) is 0 Å². The molecule has 1 fully saturated rings. The molecule has 2 rings (SSSR count). The summed E-state index contributed by atoms with van der Waals surface area (Å²) in [6, 6.07) is 0. The lowest BCUT2D eigenvalue weighted by Crippen LogP contribution is -2.38. The van der Waals surface area contributed by atoms with Gasteiger partial charge in [-0.15, -0.1) is 11.3 Å². The number of nitrogens with zero attached hydrogens (tertiary/aromatic N) is 2. The Kier molecular flexibility index (Phi) is 1.90. The predicted molar refractivity (Wildman–Crippen MR) is 50.1 cm³/mol. The molecule has 1 aliphatic rings. The van der Waals surface area contributed by atoms with Crippen LogP contribution in [0.1, 0.15) is 11.4 Å². The maximum atomic E-state index is 6.22. The number of likely N-dealkylation sites (N-methyl/N-ethyl adjacent to an activating group) is 1. The molecule has 3 nitrogen and oxygen atoms in total. The van der Waals surface area contributed by atoms with Crippen molar-refractivity contribution in [2.45, 2.75) is 12.0 Å². The van der Waals surface area contributed by atoms with Gasteiger partial charge in [0.25, 0.3) is 0 Å². The van der Waals surface area contributed by atoms with Crippen LogP contribution in [0.5, 0.6) is 0 Å². The topological polar surface area (TPSA) is 42.1 Å². The fraction of sp³-hybridized carbons (Fsp3) is 0.625. The highest BCUT2D eigenvalue weighted by Crippen LogP contribution is 2.29. The van der Waals surface area contributed by atoms with Gasteiger partial charge in [0.1, 0.15) is 5.01 Å². The number of hydrogen-bond donors (Lipinski definition) is 1. The van der Waals surface area contributed by atoms with Gasteiger partial charge in [-0.05, 0) is 13.5 Å². The third kappa shape index (κ3) is 1.26. The van der Waals surface area contributed by atoms with E-state index in [4.69, 9.17) is 5.73 Å². The van der Waals surface area contributed by atoms with Crippen LogP contribution in [0.15, 0.2) is 11.6 Å². The molecular weight excluding hydrogens is 170 g/mol. The Morgan fingerprint density at radius 1 is 1.75 bits per heavy atom. The molecule has 1 aliphatic heterocycles. The van der Waals surface area contributed by atoms with Crippen molar-refractivity contribution in [2.24, 2.45) is 5.73 Å². The lowest BCUT2D eigenvalue weighted by Gasteiger charge is -2.20. The third-order valence-electron chi connectivity index (χ3n) is 2.35. The number of rotatable bonds is 1. The van der Waals surface area contributed by atoms with Gasteiger partial charge in [0, 0.05) is 24.7 Å². The van der Waals surface area contributed by atoms with E-state index in [1.54, 1.807) is 11.3 Å². The Hall–Kier alpha value is -0.450. The van der Waals surface area contributed by atoms with E-state index < -0.39 is 0 Å². The number of thiazole rings is 1. The highest BCUT2D eigenvalue weighted by Gasteiger charge is 2.36. The maximum Gasteiger partial charge on any atom is 0.114 e. The molecule has 66 valence electrons. The fourth-order valence-electron chi connectivity index (χ4n) is 1.67. The average Bonchev–Trinajstić information content (AvgIpc) is 2.59. The van der Waals surface area contributed by atoms with Gasteiger partial charge >= 0.3 is 0 Å². The van der Waals surface area contributed by atoms with Gasteiger partial charge in [0.05, 0.1) is 5.54 Å². The molecule has 1 aromatic rings. The summed E-state index contributed by atoms with van der Waals surface area (Å²) in [4.78, 5) is 6.52. The summed E-state index contributed by atoms with van der Waals surface area (Å²) in [6.45, 7) is 2.01. The van der Waals surface area contributed by atoms with E-state index in [-0.39, 0.29) is 5.54 Å². The maximum absolute atomic E-state index is 6.22. The quantitative estimate of drug-likeness (QED) is 0.694. The smallest absolute Gasteiger partial charge is 0.114 e. The highest BCUT2D eigenvalue weighted by molar-refractivity contribution is 7.09. The molecule has 2 N–H and O–H groups in total. The van der Waals surface area contributed by atoms with Crippen LogP contribution in [0.3, 0.4) is 0 Å². The van der Waals surface area contributed by atoms with Crippen molar-refractivity contribution in [2.75, 3.05) is 20.1 Å². The molecule has 0 bridgehead atoms. The van der Waals surface area contributed by atoms with Crippen molar-refractivity contribution >= 4 is 11.3 Å². The molecule has 2 heterocycles. The first-order chi connectivity index (χ1) is 5.71. The predicted octanol–water partition coefficient (Wildman–Crippen LogP) is 0.633. The van der Waals surface area contributed by atoms with Gasteiger partial charge in [-0.3, -0.25) is 0 Å². The molecule has 0 saturated carbocycles. The second-order valence-corrected chi connectivity index (χ2v) is 4.38. The van der Waals surface area contributed by atoms with Gasteiger partial charge in [-0.25, -0.2) is 4.98 Å². The van der Waals surface area contributed by atoms with E-state index in [9.17, 15) is 0 Å². The van der Waals surface area contributed by atoms with Crippen LogP contribution < -0.4 is 5.73 Å². The minimum Gasteiger partial charge on any atom is -0.318 e. The molecule has 1 atom stereocenters. The zero-order valence-electron chi connectivity index (χ0n) is 7.16. The first-order valence-corrected chi connectivity index (χ1v) is 4.96. The summed E-state index contributed by atoms with van der Waals surface area (Å²) >= 11 is 1.66. The summed E-state index contributed by atoms with van der Waals surface area (Å²) in [6.07, 6.45) is 2.85. The average molecular weight is 183 g/mol. The molecule has 1 saturated heterocycles. The fourth-order valence-corrected chi connectivity index (χ4v) is 2.45. The van der Waals surface area contributed by atoms with Crippen LogP contribution in [0, 0.1) is 0 Å². The molecule has 0 radical (unpaired) electrons. The normalized spacial score (nSPS) is 31.2. The number of hydrogen-bond acceptors (Lipinski definition) is 4. The Bertz CT molecular complexity index is 259. The highest BCUT2D eigenvalue weighted by atomic mass is 32.1. The van der Waals surface area contributed by atoms with Gasteiger partial charge in [0.15, 0.2) is 0 Å². The lowest BCUT2D eigenvalue weighted by atomic mass is 10.0. The van der Waals surface area contributed by atoms with Crippen LogP contribution in [-0.4, -0.2) is 30.0 Å². The van der Waals surface area contributed by atoms with E-state index in [0.717, 1.165) is 24.5 Å². The van der Waals surface area contributed by atoms with Crippen LogP contribution in [0.4, 0.5) is 0 Å². The summed E-state index contributed by atoms with van der Waals surface area (Å²) in [5, 5.41) is 3.06. The molecule has 0 aliphatic carbocycles. The van der Waals surface area contributed by atoms with Crippen molar-refractivity contribution in [1.82, 2.24) is 9.88 Å². The summed E-state index contributed by atoms with van der Waals surface area (Å²) in [5.74, 6) is 0. The monoisotopic (exact) mass is 183 g/mol. The molecule has 1 unspecified atom stereocenters. The van der Waals surface area contributed by atoms with Gasteiger partial charge in [-0.2, -0.15) is 0 Å². The van der Waals surface area contributed by atoms with E-state index in [0.29, 0.717) is 0 Å². The third-order valence-corrected chi connectivity index (χ3v) is 3.34. The van der Waals surface area contributed by atoms with Crippen molar-refractivity contribution in [3.05, 3.63) is 16.6 Å². The first-order valence-electron chi connectivity index (χ1n) is 4.08. The Labute approximate surface area is 76.2 Å². The number of nitrogens with two attached hydrogens (primary N) is 1. The zero-order chi connectivity index (χ0) is 8.60. The largest absolute Gasteiger partial charge is 0.318 e. The van der Waals surface area contributed by atoms with Crippen LogP contribution in [-0.2, 0) is 5.54 Å². The Morgan fingerprint density at radius 3 is 3.08 bits per heavy atom. The van der Waals surface area contributed by atoms with Gasteiger partial charge < -0.3 is 10.6 Å². The summed E-state index contributed by atoms with van der Waals surface area (Å²) < 4.78 is 0. The zero-order valence-corrected chi connectivity index (χ0v) is 7.97. The molecule has 1 aromatic heterocycles. The molecule has 4 heteroatoms. The Morgan fingerprint density at radius 2 is 2.58 bits per heavy atom. The number of aromatic nitrogens is 1. The lowest BCUT2D eigenvalue weighted by molar-refractivity contribution is 0.372.